The number of hydrogen-bond acceptors (Lipinski definition) is 3. The van der Waals surface area contributed by atoms with Crippen LogP contribution in [0.15, 0.2) is 53.4 Å². The Morgan fingerprint density at radius 1 is 1.10 bits per heavy atom. The normalized spacial score (nSPS) is 10.1. The summed E-state index contributed by atoms with van der Waals surface area (Å²) in [5.41, 5.74) is 0.298. The highest BCUT2D eigenvalue weighted by atomic mass is 32.2. The molecule has 0 radical (unpaired) electrons. The van der Waals surface area contributed by atoms with E-state index in [1.165, 1.54) is 36.0 Å². The molecule has 0 saturated carbocycles. The summed E-state index contributed by atoms with van der Waals surface area (Å²) in [6.07, 6.45) is 0. The van der Waals surface area contributed by atoms with Crippen molar-refractivity contribution in [1.82, 2.24) is 0 Å². The summed E-state index contributed by atoms with van der Waals surface area (Å²) in [6, 6.07) is 12.0. The molecule has 108 valence electrons. The zero-order valence-electron chi connectivity index (χ0n) is 10.9. The molecule has 0 bridgehead atoms. The number of thioether (sulfide) groups is 1. The molecule has 0 saturated heterocycles. The molecule has 2 rings (SSSR count). The largest absolute Gasteiger partial charge is 0.478 e. The van der Waals surface area contributed by atoms with Gasteiger partial charge in [0.25, 0.3) is 0 Å². The molecule has 0 unspecified atom stereocenters. The minimum atomic E-state index is -1.10. The van der Waals surface area contributed by atoms with E-state index in [0.29, 0.717) is 0 Å². The Balaban J connectivity index is 1.96. The summed E-state index contributed by atoms with van der Waals surface area (Å²) in [5.74, 6) is -1.64. The van der Waals surface area contributed by atoms with Crippen molar-refractivity contribution in [3.05, 3.63) is 59.9 Å². The number of rotatable bonds is 5. The molecule has 21 heavy (non-hydrogen) atoms. The van der Waals surface area contributed by atoms with Crippen molar-refractivity contribution in [3.63, 3.8) is 0 Å². The SMILES string of the molecule is O=C(CSc1ccc(F)cc1)Nc1ccccc1C(=O)O. The number of benzene rings is 2. The molecule has 0 heterocycles. The number of amides is 1. The van der Waals surface area contributed by atoms with Gasteiger partial charge in [0.05, 0.1) is 17.0 Å². The predicted molar refractivity (Wildman–Crippen MR) is 79.2 cm³/mol. The van der Waals surface area contributed by atoms with Crippen molar-refractivity contribution in [2.24, 2.45) is 0 Å². The van der Waals surface area contributed by atoms with Crippen molar-refractivity contribution in [1.29, 1.82) is 0 Å². The van der Waals surface area contributed by atoms with Gasteiger partial charge in [-0.1, -0.05) is 12.1 Å². The summed E-state index contributed by atoms with van der Waals surface area (Å²) < 4.78 is 12.7. The Labute approximate surface area is 125 Å². The van der Waals surface area contributed by atoms with Gasteiger partial charge in [0.1, 0.15) is 5.82 Å². The number of para-hydroxylation sites is 1. The minimum Gasteiger partial charge on any atom is -0.478 e. The summed E-state index contributed by atoms with van der Waals surface area (Å²) in [6.45, 7) is 0. The Bertz CT molecular complexity index is 658. The number of halogens is 1. The molecule has 0 aliphatic rings. The van der Waals surface area contributed by atoms with Gasteiger partial charge in [-0.15, -0.1) is 11.8 Å². The maximum atomic E-state index is 12.7. The summed E-state index contributed by atoms with van der Waals surface area (Å²) in [7, 11) is 0. The second kappa shape index (κ2) is 6.90. The Morgan fingerprint density at radius 3 is 2.43 bits per heavy atom. The summed E-state index contributed by atoms with van der Waals surface area (Å²) in [4.78, 5) is 23.6. The maximum absolute atomic E-state index is 12.7. The number of carbonyl (C=O) groups excluding carboxylic acids is 1. The van der Waals surface area contributed by atoms with E-state index in [-0.39, 0.29) is 28.7 Å². The minimum absolute atomic E-state index is 0.0395. The van der Waals surface area contributed by atoms with Gasteiger partial charge < -0.3 is 10.4 Å². The fourth-order valence-corrected chi connectivity index (χ4v) is 2.34. The molecule has 0 spiro atoms. The van der Waals surface area contributed by atoms with Crippen molar-refractivity contribution < 1.29 is 19.1 Å². The number of nitrogens with one attached hydrogen (secondary N) is 1. The number of hydrogen-bond donors (Lipinski definition) is 2. The molecule has 0 aromatic heterocycles. The second-order valence-corrected chi connectivity index (χ2v) is 5.19. The quantitative estimate of drug-likeness (QED) is 0.832. The zero-order valence-corrected chi connectivity index (χ0v) is 11.7. The molecule has 1 amide bonds. The van der Waals surface area contributed by atoms with Crippen LogP contribution in [0.2, 0.25) is 0 Å². The maximum Gasteiger partial charge on any atom is 0.337 e. The topological polar surface area (TPSA) is 66.4 Å². The van der Waals surface area contributed by atoms with Crippen LogP contribution in [0.5, 0.6) is 0 Å². The van der Waals surface area contributed by atoms with E-state index in [1.54, 1.807) is 24.3 Å². The van der Waals surface area contributed by atoms with E-state index in [9.17, 15) is 14.0 Å². The van der Waals surface area contributed by atoms with Crippen molar-refractivity contribution >= 4 is 29.3 Å². The summed E-state index contributed by atoms with van der Waals surface area (Å²) in [5, 5.41) is 11.6. The van der Waals surface area contributed by atoms with Crippen LogP contribution in [-0.2, 0) is 4.79 Å². The van der Waals surface area contributed by atoms with Crippen LogP contribution >= 0.6 is 11.8 Å². The van der Waals surface area contributed by atoms with Crippen molar-refractivity contribution in [2.45, 2.75) is 4.90 Å². The number of anilines is 1. The first-order valence-electron chi connectivity index (χ1n) is 6.07. The lowest BCUT2D eigenvalue weighted by atomic mass is 10.2. The standard InChI is InChI=1S/C15H12FNO3S/c16-10-5-7-11(8-6-10)21-9-14(18)17-13-4-2-1-3-12(13)15(19)20/h1-8H,9H2,(H,17,18)(H,19,20). The third-order valence-electron chi connectivity index (χ3n) is 2.62. The molecular weight excluding hydrogens is 293 g/mol. The van der Waals surface area contributed by atoms with Crippen LogP contribution < -0.4 is 5.32 Å². The Kier molecular flexibility index (Phi) is 4.94. The molecule has 0 aliphatic carbocycles. The van der Waals surface area contributed by atoms with E-state index in [2.05, 4.69) is 5.32 Å². The van der Waals surface area contributed by atoms with Gasteiger partial charge in [-0.25, -0.2) is 9.18 Å². The average molecular weight is 305 g/mol. The molecule has 4 nitrogen and oxygen atoms in total. The van der Waals surface area contributed by atoms with Gasteiger partial charge in [-0.3, -0.25) is 4.79 Å². The Hall–Kier alpha value is -2.34. The molecule has 0 fully saturated rings. The predicted octanol–water partition coefficient (Wildman–Crippen LogP) is 3.25. The van der Waals surface area contributed by atoms with Gasteiger partial charge >= 0.3 is 5.97 Å². The average Bonchev–Trinajstić information content (AvgIpc) is 2.47. The number of aromatic carboxylic acids is 1. The van der Waals surface area contributed by atoms with Gasteiger partial charge in [0.15, 0.2) is 0 Å². The van der Waals surface area contributed by atoms with E-state index in [4.69, 9.17) is 5.11 Å². The van der Waals surface area contributed by atoms with Gasteiger partial charge in [-0.05, 0) is 36.4 Å². The molecule has 2 aromatic carbocycles. The molecule has 0 atom stereocenters. The first-order chi connectivity index (χ1) is 10.1. The summed E-state index contributed by atoms with van der Waals surface area (Å²) >= 11 is 1.24. The van der Waals surface area contributed by atoms with Crippen molar-refractivity contribution in [3.8, 4) is 0 Å². The molecule has 6 heteroatoms. The van der Waals surface area contributed by atoms with Crippen LogP contribution in [0.25, 0.3) is 0 Å². The van der Waals surface area contributed by atoms with Crippen LogP contribution in [0.1, 0.15) is 10.4 Å². The number of carbonyl (C=O) groups is 2. The lowest BCUT2D eigenvalue weighted by molar-refractivity contribution is -0.113. The Morgan fingerprint density at radius 2 is 1.76 bits per heavy atom. The molecule has 2 aromatic rings. The van der Waals surface area contributed by atoms with Crippen LogP contribution in [0, 0.1) is 5.82 Å². The number of carboxylic acids is 1. The highest BCUT2D eigenvalue weighted by Gasteiger charge is 2.11. The van der Waals surface area contributed by atoms with E-state index in [1.807, 2.05) is 0 Å². The first-order valence-corrected chi connectivity index (χ1v) is 7.05. The fourth-order valence-electron chi connectivity index (χ4n) is 1.64. The molecule has 0 aliphatic heterocycles. The first kappa shape index (κ1) is 15.1. The highest BCUT2D eigenvalue weighted by Crippen LogP contribution is 2.19. The van der Waals surface area contributed by atoms with E-state index >= 15 is 0 Å². The van der Waals surface area contributed by atoms with E-state index < -0.39 is 5.97 Å². The van der Waals surface area contributed by atoms with Gasteiger partial charge in [0, 0.05) is 4.90 Å². The van der Waals surface area contributed by atoms with Crippen LogP contribution in [0.4, 0.5) is 10.1 Å². The lowest BCUT2D eigenvalue weighted by Gasteiger charge is -2.08. The smallest absolute Gasteiger partial charge is 0.337 e. The fraction of sp³-hybridized carbons (Fsp3) is 0.0667. The third kappa shape index (κ3) is 4.32. The van der Waals surface area contributed by atoms with Gasteiger partial charge in [-0.2, -0.15) is 0 Å². The second-order valence-electron chi connectivity index (χ2n) is 4.14. The third-order valence-corrected chi connectivity index (χ3v) is 3.63. The lowest BCUT2D eigenvalue weighted by Crippen LogP contribution is -2.16. The van der Waals surface area contributed by atoms with E-state index in [0.717, 1.165) is 4.90 Å². The monoisotopic (exact) mass is 305 g/mol. The number of carboxylic acid groups (broad SMARTS) is 1. The highest BCUT2D eigenvalue weighted by molar-refractivity contribution is 8.00. The van der Waals surface area contributed by atoms with Crippen LogP contribution in [-0.4, -0.2) is 22.7 Å². The molecule has 2 N–H and O–H groups in total. The van der Waals surface area contributed by atoms with Crippen LogP contribution in [0.3, 0.4) is 0 Å². The zero-order chi connectivity index (χ0) is 15.2. The molecular formula is C15H12FNO3S. The van der Waals surface area contributed by atoms with Gasteiger partial charge in [0.2, 0.25) is 5.91 Å². The van der Waals surface area contributed by atoms with Crippen molar-refractivity contribution in [2.75, 3.05) is 11.1 Å².